The van der Waals surface area contributed by atoms with Crippen LogP contribution in [-0.2, 0) is 23.8 Å². The zero-order chi connectivity index (χ0) is 24.9. The lowest BCUT2D eigenvalue weighted by Crippen LogP contribution is -2.63. The van der Waals surface area contributed by atoms with Crippen molar-refractivity contribution in [2.45, 2.75) is 85.2 Å². The van der Waals surface area contributed by atoms with Gasteiger partial charge in [0.05, 0.1) is 30.8 Å². The minimum atomic E-state index is -1.18. The molecule has 0 unspecified atom stereocenters. The van der Waals surface area contributed by atoms with Crippen LogP contribution in [0, 0.1) is 57.7 Å². The van der Waals surface area contributed by atoms with Crippen molar-refractivity contribution in [3.63, 3.8) is 0 Å². The Morgan fingerprint density at radius 3 is 2.66 bits per heavy atom. The van der Waals surface area contributed by atoms with Crippen molar-refractivity contribution in [2.75, 3.05) is 13.2 Å². The predicted molar refractivity (Wildman–Crippen MR) is 129 cm³/mol. The van der Waals surface area contributed by atoms with Crippen LogP contribution >= 0.6 is 0 Å². The van der Waals surface area contributed by atoms with Crippen LogP contribution < -0.4 is 0 Å². The standard InChI is InChI=1S/C29H42O6/c1-15(2)23-8-19-10-27(13-30)22-7-6-16(3)21(22)11-28(19,29(23,27)26(31)32)14-34-24-9-20-17(4)12-33-25(20)18(5)35-24/h8,13,15-22,24-25H,6-7,9-12,14H2,1-5H3,(H,31,32)/t16-,17+,18-,19-,20-,21-,22-,24-,25-,27+,28+,29+/m1/s1. The first-order valence-electron chi connectivity index (χ1n) is 13.9. The SMILES string of the molecule is CC(C)C1=C[C@@H]2C[C@]3(C=O)[C@@H]4CC[C@@H](C)[C@H]4C[C@@]2(CO[C@H]2C[C@H]4[C@H](OC[C@@H]4C)[C@@H](C)O2)[C@]13C(=O)O. The van der Waals surface area contributed by atoms with E-state index in [4.69, 9.17) is 14.2 Å². The number of hydrogen-bond donors (Lipinski definition) is 1. The van der Waals surface area contributed by atoms with Crippen LogP contribution in [0.4, 0.5) is 0 Å². The summed E-state index contributed by atoms with van der Waals surface area (Å²) >= 11 is 0. The average Bonchev–Trinajstić information content (AvgIpc) is 3.50. The molecule has 0 amide bonds. The van der Waals surface area contributed by atoms with Gasteiger partial charge in [-0.3, -0.25) is 4.79 Å². The molecule has 6 aliphatic rings. The van der Waals surface area contributed by atoms with E-state index in [0.29, 0.717) is 36.7 Å². The maximum absolute atomic E-state index is 13.5. The molecule has 0 radical (unpaired) electrons. The molecule has 35 heavy (non-hydrogen) atoms. The highest BCUT2D eigenvalue weighted by Gasteiger charge is 2.84. The number of rotatable bonds is 6. The predicted octanol–water partition coefficient (Wildman–Crippen LogP) is 4.71. The normalized spacial score (nSPS) is 54.0. The van der Waals surface area contributed by atoms with Gasteiger partial charge in [0.2, 0.25) is 0 Å². The smallest absolute Gasteiger partial charge is 0.315 e. The first-order chi connectivity index (χ1) is 16.6. The Kier molecular flexibility index (Phi) is 5.43. The summed E-state index contributed by atoms with van der Waals surface area (Å²) in [6.45, 7) is 11.9. The Morgan fingerprint density at radius 2 is 1.97 bits per heavy atom. The Balaban J connectivity index is 1.39. The van der Waals surface area contributed by atoms with E-state index in [2.05, 4.69) is 40.7 Å². The molecule has 0 aromatic heterocycles. The Morgan fingerprint density at radius 1 is 1.20 bits per heavy atom. The molecule has 0 aromatic rings. The molecule has 2 aliphatic heterocycles. The van der Waals surface area contributed by atoms with Crippen LogP contribution in [0.1, 0.15) is 66.7 Å². The molecule has 2 saturated heterocycles. The molecular formula is C29H42O6. The minimum Gasteiger partial charge on any atom is -0.481 e. The lowest BCUT2D eigenvalue weighted by molar-refractivity contribution is -0.251. The molecule has 6 heteroatoms. The van der Waals surface area contributed by atoms with Crippen molar-refractivity contribution in [1.29, 1.82) is 0 Å². The molecule has 2 heterocycles. The van der Waals surface area contributed by atoms with Crippen molar-refractivity contribution in [3.8, 4) is 0 Å². The van der Waals surface area contributed by atoms with Gasteiger partial charge in [0.25, 0.3) is 0 Å². The number of aliphatic carboxylic acids is 1. The van der Waals surface area contributed by atoms with E-state index < -0.39 is 22.2 Å². The van der Waals surface area contributed by atoms with E-state index in [1.54, 1.807) is 0 Å². The fraction of sp³-hybridized carbons (Fsp3) is 0.862. The van der Waals surface area contributed by atoms with Gasteiger partial charge in [0, 0.05) is 11.8 Å². The summed E-state index contributed by atoms with van der Waals surface area (Å²) in [7, 11) is 0. The van der Waals surface area contributed by atoms with Crippen LogP contribution in [0.25, 0.3) is 0 Å². The van der Waals surface area contributed by atoms with Gasteiger partial charge >= 0.3 is 5.97 Å². The van der Waals surface area contributed by atoms with E-state index in [1.807, 2.05) is 0 Å². The highest BCUT2D eigenvalue weighted by molar-refractivity contribution is 5.90. The topological polar surface area (TPSA) is 82.1 Å². The molecule has 4 bridgehead atoms. The van der Waals surface area contributed by atoms with Crippen LogP contribution in [-0.4, -0.2) is 49.1 Å². The Bertz CT molecular complexity index is 943. The molecule has 194 valence electrons. The van der Waals surface area contributed by atoms with Crippen molar-refractivity contribution >= 4 is 12.3 Å². The molecular weight excluding hydrogens is 444 g/mol. The zero-order valence-corrected chi connectivity index (χ0v) is 21.9. The number of carbonyl (C=O) groups excluding carboxylic acids is 1. The fourth-order valence-electron chi connectivity index (χ4n) is 10.3. The van der Waals surface area contributed by atoms with E-state index in [1.165, 1.54) is 0 Å². The molecule has 6 rings (SSSR count). The van der Waals surface area contributed by atoms with Gasteiger partial charge in [0.1, 0.15) is 11.7 Å². The third kappa shape index (κ3) is 2.77. The highest BCUT2D eigenvalue weighted by Crippen LogP contribution is 2.82. The highest BCUT2D eigenvalue weighted by atomic mass is 16.7. The number of hydrogen-bond acceptors (Lipinski definition) is 5. The summed E-state index contributed by atoms with van der Waals surface area (Å²) in [5, 5.41) is 11.1. The molecule has 5 fully saturated rings. The van der Waals surface area contributed by atoms with Crippen LogP contribution in [0.2, 0.25) is 0 Å². The van der Waals surface area contributed by atoms with E-state index in [-0.39, 0.29) is 36.3 Å². The first kappa shape index (κ1) is 24.1. The monoisotopic (exact) mass is 486 g/mol. The van der Waals surface area contributed by atoms with Crippen LogP contribution in [0.5, 0.6) is 0 Å². The van der Waals surface area contributed by atoms with Crippen LogP contribution in [0.15, 0.2) is 11.6 Å². The minimum absolute atomic E-state index is 0.0426. The maximum atomic E-state index is 13.5. The largest absolute Gasteiger partial charge is 0.481 e. The van der Waals surface area contributed by atoms with Gasteiger partial charge in [-0.25, -0.2) is 0 Å². The summed E-state index contributed by atoms with van der Waals surface area (Å²) in [5.74, 6) is 1.22. The lowest BCUT2D eigenvalue weighted by Gasteiger charge is -2.58. The number of carbonyl (C=O) groups is 2. The van der Waals surface area contributed by atoms with Crippen LogP contribution in [0.3, 0.4) is 0 Å². The number of carboxylic acids is 1. The molecule has 3 saturated carbocycles. The third-order valence-corrected chi connectivity index (χ3v) is 11.6. The van der Waals surface area contributed by atoms with Gasteiger partial charge in [-0.15, -0.1) is 0 Å². The molecule has 1 N–H and O–H groups in total. The second-order valence-corrected chi connectivity index (χ2v) is 13.2. The zero-order valence-electron chi connectivity index (χ0n) is 21.9. The molecule has 0 aromatic carbocycles. The Labute approximate surface area is 209 Å². The number of allylic oxidation sites excluding steroid dienone is 1. The first-order valence-corrected chi connectivity index (χ1v) is 13.9. The number of carboxylic acid groups (broad SMARTS) is 1. The summed E-state index contributed by atoms with van der Waals surface area (Å²) < 4.78 is 18.9. The molecule has 0 spiro atoms. The Hall–Kier alpha value is -1.24. The maximum Gasteiger partial charge on any atom is 0.315 e. The van der Waals surface area contributed by atoms with E-state index in [9.17, 15) is 14.7 Å². The summed E-state index contributed by atoms with van der Waals surface area (Å²) in [6, 6.07) is 0. The lowest BCUT2D eigenvalue weighted by atomic mass is 9.43. The summed E-state index contributed by atoms with van der Waals surface area (Å²) in [6.07, 6.45) is 7.32. The summed E-state index contributed by atoms with van der Waals surface area (Å²) in [5.41, 5.74) is -1.65. The summed E-state index contributed by atoms with van der Waals surface area (Å²) in [4.78, 5) is 26.7. The van der Waals surface area contributed by atoms with Gasteiger partial charge in [-0.1, -0.05) is 45.8 Å². The molecule has 12 atom stereocenters. The van der Waals surface area contributed by atoms with Crippen molar-refractivity contribution in [2.24, 2.45) is 57.7 Å². The van der Waals surface area contributed by atoms with Crippen molar-refractivity contribution in [1.82, 2.24) is 0 Å². The molecule has 4 aliphatic carbocycles. The average molecular weight is 487 g/mol. The van der Waals surface area contributed by atoms with E-state index in [0.717, 1.165) is 44.1 Å². The van der Waals surface area contributed by atoms with Gasteiger partial charge in [-0.05, 0) is 67.6 Å². The number of ether oxygens (including phenoxy) is 3. The molecule has 6 nitrogen and oxygen atoms in total. The van der Waals surface area contributed by atoms with Gasteiger partial charge in [0.15, 0.2) is 6.29 Å². The van der Waals surface area contributed by atoms with Gasteiger partial charge < -0.3 is 24.1 Å². The second-order valence-electron chi connectivity index (χ2n) is 13.2. The third-order valence-electron chi connectivity index (χ3n) is 11.6. The van der Waals surface area contributed by atoms with Gasteiger partial charge in [-0.2, -0.15) is 0 Å². The van der Waals surface area contributed by atoms with Crippen molar-refractivity contribution in [3.05, 3.63) is 11.6 Å². The number of fused-ring (bicyclic) bond motifs is 3. The second kappa shape index (κ2) is 7.88. The fourth-order valence-corrected chi connectivity index (χ4v) is 10.3. The number of aldehydes is 1. The van der Waals surface area contributed by atoms with Crippen molar-refractivity contribution < 1.29 is 28.9 Å². The van der Waals surface area contributed by atoms with E-state index >= 15 is 0 Å². The quantitative estimate of drug-likeness (QED) is 0.432.